The van der Waals surface area contributed by atoms with Gasteiger partial charge in [0.1, 0.15) is 30.2 Å². The summed E-state index contributed by atoms with van der Waals surface area (Å²) < 4.78 is 47.3. The number of hydrogen-bond donors (Lipinski definition) is 0. The fraction of sp³-hybridized carbons (Fsp3) is 0.286. The molecule has 7 nitrogen and oxygen atoms in total. The fourth-order valence-corrected chi connectivity index (χ4v) is 6.62. The van der Waals surface area contributed by atoms with E-state index in [-0.39, 0.29) is 13.2 Å². The number of rotatable bonds is 17. The van der Waals surface area contributed by atoms with E-state index in [2.05, 4.69) is 31.9 Å². The van der Waals surface area contributed by atoms with Crippen LogP contribution >= 0.6 is 43.5 Å². The molecule has 0 N–H and O–H groups in total. The molecule has 0 bridgehead atoms. The van der Waals surface area contributed by atoms with Gasteiger partial charge in [0.15, 0.2) is 6.29 Å². The zero-order valence-electron chi connectivity index (χ0n) is 28.7. The Hall–Kier alpha value is -3.09. The van der Waals surface area contributed by atoms with E-state index >= 15 is 0 Å². The zero-order chi connectivity index (χ0) is 36.1. The van der Waals surface area contributed by atoms with Gasteiger partial charge in [0.25, 0.3) is 0 Å². The number of ether oxygens (including phenoxy) is 7. The second-order valence-electron chi connectivity index (χ2n) is 12.4. The van der Waals surface area contributed by atoms with Crippen molar-refractivity contribution in [2.75, 3.05) is 13.7 Å². The number of hydrogen-bond acceptors (Lipinski definition) is 7. The first-order valence-electron chi connectivity index (χ1n) is 17.0. The van der Waals surface area contributed by atoms with E-state index < -0.39 is 30.7 Å². The van der Waals surface area contributed by atoms with Crippen molar-refractivity contribution in [1.82, 2.24) is 0 Å². The van der Waals surface area contributed by atoms with Gasteiger partial charge in [0, 0.05) is 14.0 Å². The van der Waals surface area contributed by atoms with Crippen molar-refractivity contribution < 1.29 is 33.2 Å². The minimum atomic E-state index is -0.806. The average Bonchev–Trinajstić information content (AvgIpc) is 3.17. The van der Waals surface area contributed by atoms with Crippen molar-refractivity contribution in [2.24, 2.45) is 0 Å². The standard InChI is InChI=1S/C42H41Br2ClO7/c1-46-36-21-15-32(16-22-36)25-49-41-40(50-27-33-9-5-6-10-37(33)44)39(48-24-31-13-19-35(45)20-14-31)38(28-47-23-30-11-17-34(43)18-12-30)52-42(41)51-26-29-7-3-2-4-8-29/h2-22,38-42H,23-28H2,1H3. The number of methoxy groups -OCH3 is 1. The van der Waals surface area contributed by atoms with Crippen LogP contribution < -0.4 is 4.74 Å². The molecule has 1 heterocycles. The van der Waals surface area contributed by atoms with Crippen LogP contribution in [-0.2, 0) is 61.5 Å². The Kier molecular flexibility index (Phi) is 14.7. The van der Waals surface area contributed by atoms with Crippen LogP contribution in [0.3, 0.4) is 0 Å². The molecule has 10 heteroatoms. The Balaban J connectivity index is 1.31. The summed E-state index contributed by atoms with van der Waals surface area (Å²) in [4.78, 5) is 0. The monoisotopic (exact) mass is 850 g/mol. The van der Waals surface area contributed by atoms with Crippen molar-refractivity contribution in [3.8, 4) is 5.75 Å². The molecule has 1 saturated heterocycles. The van der Waals surface area contributed by atoms with Gasteiger partial charge in [-0.2, -0.15) is 0 Å². The highest BCUT2D eigenvalue weighted by molar-refractivity contribution is 9.10. The molecule has 1 aliphatic rings. The van der Waals surface area contributed by atoms with Crippen molar-refractivity contribution >= 4 is 43.5 Å². The highest BCUT2D eigenvalue weighted by Gasteiger charge is 2.49. The molecule has 5 aromatic carbocycles. The normalized spacial score (nSPS) is 20.1. The Labute approximate surface area is 327 Å². The predicted molar refractivity (Wildman–Crippen MR) is 208 cm³/mol. The van der Waals surface area contributed by atoms with Crippen LogP contribution in [0.15, 0.2) is 136 Å². The minimum Gasteiger partial charge on any atom is -0.497 e. The Morgan fingerprint density at radius 2 is 1.12 bits per heavy atom. The number of halogens is 3. The van der Waals surface area contributed by atoms with E-state index in [4.69, 9.17) is 44.8 Å². The van der Waals surface area contributed by atoms with Gasteiger partial charge in [-0.3, -0.25) is 0 Å². The van der Waals surface area contributed by atoms with Crippen molar-refractivity contribution in [3.05, 3.63) is 169 Å². The highest BCUT2D eigenvalue weighted by Crippen LogP contribution is 2.33. The summed E-state index contributed by atoms with van der Waals surface area (Å²) in [6.45, 7) is 1.82. The van der Waals surface area contributed by atoms with Gasteiger partial charge in [0.2, 0.25) is 0 Å². The van der Waals surface area contributed by atoms with Crippen LogP contribution in [0, 0.1) is 0 Å². The lowest BCUT2D eigenvalue weighted by Gasteiger charge is -2.46. The Morgan fingerprint density at radius 1 is 0.558 bits per heavy atom. The smallest absolute Gasteiger partial charge is 0.187 e. The van der Waals surface area contributed by atoms with Gasteiger partial charge in [-0.05, 0) is 70.3 Å². The van der Waals surface area contributed by atoms with Gasteiger partial charge < -0.3 is 33.2 Å². The number of benzene rings is 5. The molecule has 0 spiro atoms. The lowest BCUT2D eigenvalue weighted by Crippen LogP contribution is -2.61. The molecular formula is C42H41Br2ClO7. The third-order valence-corrected chi connectivity index (χ3v) is 10.2. The van der Waals surface area contributed by atoms with Gasteiger partial charge in [0.05, 0.1) is 46.8 Å². The van der Waals surface area contributed by atoms with Crippen LogP contribution in [0.1, 0.15) is 27.8 Å². The summed E-state index contributed by atoms with van der Waals surface area (Å²) in [5.41, 5.74) is 4.96. The lowest BCUT2D eigenvalue weighted by molar-refractivity contribution is -0.330. The van der Waals surface area contributed by atoms with Crippen LogP contribution in [0.2, 0.25) is 5.02 Å². The Bertz CT molecular complexity index is 1790. The molecule has 5 atom stereocenters. The molecule has 5 unspecified atom stereocenters. The Morgan fingerprint density at radius 3 is 1.81 bits per heavy atom. The molecule has 6 rings (SSSR count). The highest BCUT2D eigenvalue weighted by atomic mass is 79.9. The fourth-order valence-electron chi connectivity index (χ4n) is 5.83. The molecule has 272 valence electrons. The first kappa shape index (κ1) is 38.6. The van der Waals surface area contributed by atoms with Crippen LogP contribution in [0.25, 0.3) is 0 Å². The molecule has 0 amide bonds. The SMILES string of the molecule is COc1ccc(COC2C(OCc3ccccc3)OC(COCc3ccc(Br)cc3)C(OCc3ccc(Cl)cc3)C2OCc2ccccc2Br)cc1. The van der Waals surface area contributed by atoms with Gasteiger partial charge >= 0.3 is 0 Å². The first-order chi connectivity index (χ1) is 25.4. The molecule has 5 aromatic rings. The van der Waals surface area contributed by atoms with Gasteiger partial charge in [-0.1, -0.05) is 128 Å². The maximum atomic E-state index is 6.86. The molecule has 0 aliphatic carbocycles. The van der Waals surface area contributed by atoms with E-state index in [0.717, 1.165) is 42.5 Å². The van der Waals surface area contributed by atoms with Crippen LogP contribution in [0.5, 0.6) is 5.75 Å². The molecule has 0 aromatic heterocycles. The molecular weight excluding hydrogens is 812 g/mol. The molecule has 52 heavy (non-hydrogen) atoms. The van der Waals surface area contributed by atoms with Crippen LogP contribution in [0.4, 0.5) is 0 Å². The van der Waals surface area contributed by atoms with E-state index in [1.165, 1.54) is 0 Å². The quantitative estimate of drug-likeness (QED) is 0.0923. The summed E-state index contributed by atoms with van der Waals surface area (Å²) in [5, 5.41) is 0.656. The summed E-state index contributed by atoms with van der Waals surface area (Å²) in [6.07, 6.45) is -3.26. The molecule has 0 radical (unpaired) electrons. The molecule has 0 saturated carbocycles. The minimum absolute atomic E-state index is 0.229. The molecule has 1 aliphatic heterocycles. The second kappa shape index (κ2) is 19.8. The topological polar surface area (TPSA) is 64.6 Å². The second-order valence-corrected chi connectivity index (χ2v) is 14.6. The largest absolute Gasteiger partial charge is 0.497 e. The van der Waals surface area contributed by atoms with Crippen LogP contribution in [-0.4, -0.2) is 44.4 Å². The van der Waals surface area contributed by atoms with E-state index in [1.54, 1.807) is 7.11 Å². The summed E-state index contributed by atoms with van der Waals surface area (Å²) in [7, 11) is 1.65. The van der Waals surface area contributed by atoms with E-state index in [1.807, 2.05) is 127 Å². The molecule has 1 fully saturated rings. The van der Waals surface area contributed by atoms with Gasteiger partial charge in [-0.25, -0.2) is 0 Å². The zero-order valence-corrected chi connectivity index (χ0v) is 32.7. The maximum absolute atomic E-state index is 6.86. The maximum Gasteiger partial charge on any atom is 0.187 e. The summed E-state index contributed by atoms with van der Waals surface area (Å²) in [5.74, 6) is 0.769. The van der Waals surface area contributed by atoms with Crippen molar-refractivity contribution in [3.63, 3.8) is 0 Å². The lowest BCUT2D eigenvalue weighted by atomic mass is 9.97. The van der Waals surface area contributed by atoms with Crippen molar-refractivity contribution in [1.29, 1.82) is 0 Å². The average molecular weight is 853 g/mol. The van der Waals surface area contributed by atoms with Crippen molar-refractivity contribution in [2.45, 2.75) is 63.7 Å². The third kappa shape index (κ3) is 11.2. The van der Waals surface area contributed by atoms with E-state index in [0.29, 0.717) is 31.5 Å². The third-order valence-electron chi connectivity index (χ3n) is 8.66. The first-order valence-corrected chi connectivity index (χ1v) is 19.0. The summed E-state index contributed by atoms with van der Waals surface area (Å²) >= 11 is 13.4. The summed E-state index contributed by atoms with van der Waals surface area (Å²) in [6, 6.07) is 41.4. The van der Waals surface area contributed by atoms with E-state index in [9.17, 15) is 0 Å². The predicted octanol–water partition coefficient (Wildman–Crippen LogP) is 10.1. The van der Waals surface area contributed by atoms with Gasteiger partial charge in [-0.15, -0.1) is 0 Å².